The Morgan fingerprint density at radius 3 is 2.78 bits per heavy atom. The van der Waals surface area contributed by atoms with Gasteiger partial charge in [0, 0.05) is 30.6 Å². The third-order valence-corrected chi connectivity index (χ3v) is 4.55. The normalized spacial score (nSPS) is 13.0. The van der Waals surface area contributed by atoms with Gasteiger partial charge in [0.15, 0.2) is 5.82 Å². The van der Waals surface area contributed by atoms with Crippen molar-refractivity contribution in [2.75, 3.05) is 11.9 Å². The first-order chi connectivity index (χ1) is 13.2. The Kier molecular flexibility index (Phi) is 5.07. The first kappa shape index (κ1) is 17.5. The summed E-state index contributed by atoms with van der Waals surface area (Å²) in [7, 11) is 0. The number of aromatic nitrogens is 3. The smallest absolute Gasteiger partial charge is 0.246 e. The Balaban J connectivity index is 1.68. The maximum Gasteiger partial charge on any atom is 0.246 e. The molecule has 1 aliphatic heterocycles. The number of benzene rings is 2. The highest BCUT2D eigenvalue weighted by atomic mass is 35.5. The van der Waals surface area contributed by atoms with Gasteiger partial charge in [-0.3, -0.25) is 0 Å². The van der Waals surface area contributed by atoms with Gasteiger partial charge >= 0.3 is 0 Å². The highest BCUT2D eigenvalue weighted by Gasteiger charge is 2.19. The fraction of sp³-hybridized carbons (Fsp3) is 0.250. The fourth-order valence-electron chi connectivity index (χ4n) is 2.97. The lowest BCUT2D eigenvalue weighted by Crippen LogP contribution is -2.19. The minimum Gasteiger partial charge on any atom is -0.441 e. The SMILES string of the molecule is CCCNc1ccc(OC2=Nn3c(Cl)nnc3CC2)c(-c2ccccc2)c1. The van der Waals surface area contributed by atoms with Crippen LogP contribution in [0.5, 0.6) is 5.75 Å². The fourth-order valence-corrected chi connectivity index (χ4v) is 3.14. The van der Waals surface area contributed by atoms with Crippen LogP contribution in [0, 0.1) is 0 Å². The first-order valence-corrected chi connectivity index (χ1v) is 9.41. The second kappa shape index (κ2) is 7.80. The van der Waals surface area contributed by atoms with E-state index < -0.39 is 0 Å². The van der Waals surface area contributed by atoms with Crippen molar-refractivity contribution in [1.29, 1.82) is 0 Å². The number of nitrogens with zero attached hydrogens (tertiary/aromatic N) is 4. The van der Waals surface area contributed by atoms with Crippen LogP contribution in [-0.2, 0) is 6.42 Å². The number of hydrogen-bond donors (Lipinski definition) is 1. The maximum atomic E-state index is 6.17. The Hall–Kier alpha value is -2.86. The molecule has 1 aliphatic rings. The Bertz CT molecular complexity index is 968. The predicted octanol–water partition coefficient (Wildman–Crippen LogP) is 4.61. The summed E-state index contributed by atoms with van der Waals surface area (Å²) in [4.78, 5) is 0. The van der Waals surface area contributed by atoms with Crippen LogP contribution in [0.2, 0.25) is 5.28 Å². The molecule has 1 N–H and O–H groups in total. The van der Waals surface area contributed by atoms with Crippen molar-refractivity contribution in [2.45, 2.75) is 26.2 Å². The van der Waals surface area contributed by atoms with Crippen molar-refractivity contribution in [3.05, 3.63) is 59.6 Å². The molecule has 2 aromatic carbocycles. The molecule has 7 heteroatoms. The van der Waals surface area contributed by atoms with Crippen molar-refractivity contribution in [3.63, 3.8) is 0 Å². The van der Waals surface area contributed by atoms with Gasteiger partial charge in [0.1, 0.15) is 5.75 Å². The average Bonchev–Trinajstić information content (AvgIpc) is 3.08. The molecule has 138 valence electrons. The van der Waals surface area contributed by atoms with E-state index in [4.69, 9.17) is 16.3 Å². The minimum atomic E-state index is 0.244. The van der Waals surface area contributed by atoms with Crippen molar-refractivity contribution in [2.24, 2.45) is 5.10 Å². The highest BCUT2D eigenvalue weighted by molar-refractivity contribution is 6.28. The Morgan fingerprint density at radius 1 is 1.11 bits per heavy atom. The van der Waals surface area contributed by atoms with Gasteiger partial charge in [-0.05, 0) is 41.8 Å². The second-order valence-corrected chi connectivity index (χ2v) is 6.63. The van der Waals surface area contributed by atoms with Crippen LogP contribution >= 0.6 is 11.6 Å². The quantitative estimate of drug-likeness (QED) is 0.701. The summed E-state index contributed by atoms with van der Waals surface area (Å²) in [6, 6.07) is 16.3. The van der Waals surface area contributed by atoms with E-state index in [1.54, 1.807) is 0 Å². The molecule has 0 amide bonds. The van der Waals surface area contributed by atoms with Crippen LogP contribution in [0.1, 0.15) is 25.6 Å². The monoisotopic (exact) mass is 381 g/mol. The van der Waals surface area contributed by atoms with Crippen molar-refractivity contribution >= 4 is 23.2 Å². The molecule has 0 atom stereocenters. The van der Waals surface area contributed by atoms with Gasteiger partial charge in [0.2, 0.25) is 11.2 Å². The molecule has 0 saturated heterocycles. The molecule has 1 aromatic heterocycles. The van der Waals surface area contributed by atoms with Crippen molar-refractivity contribution in [3.8, 4) is 16.9 Å². The molecule has 0 bridgehead atoms. The maximum absolute atomic E-state index is 6.17. The van der Waals surface area contributed by atoms with E-state index in [0.29, 0.717) is 18.7 Å². The van der Waals surface area contributed by atoms with Crippen LogP contribution in [-0.4, -0.2) is 27.3 Å². The largest absolute Gasteiger partial charge is 0.441 e. The lowest BCUT2D eigenvalue weighted by molar-refractivity contribution is 0.507. The van der Waals surface area contributed by atoms with E-state index in [-0.39, 0.29) is 5.28 Å². The number of anilines is 1. The summed E-state index contributed by atoms with van der Waals surface area (Å²) in [5, 5.41) is 16.0. The van der Waals surface area contributed by atoms with Gasteiger partial charge in [0.25, 0.3) is 0 Å². The molecule has 0 fully saturated rings. The molecule has 6 nitrogen and oxygen atoms in total. The molecular weight excluding hydrogens is 362 g/mol. The first-order valence-electron chi connectivity index (χ1n) is 9.03. The van der Waals surface area contributed by atoms with Gasteiger partial charge in [-0.1, -0.05) is 37.3 Å². The predicted molar refractivity (Wildman–Crippen MR) is 107 cm³/mol. The molecule has 0 saturated carbocycles. The van der Waals surface area contributed by atoms with Gasteiger partial charge in [0.05, 0.1) is 0 Å². The Morgan fingerprint density at radius 2 is 1.96 bits per heavy atom. The number of ether oxygens (including phenoxy) is 1. The number of halogens is 1. The van der Waals surface area contributed by atoms with Crippen molar-refractivity contribution < 1.29 is 4.74 Å². The number of hydrogen-bond acceptors (Lipinski definition) is 5. The third-order valence-electron chi connectivity index (χ3n) is 4.31. The summed E-state index contributed by atoms with van der Waals surface area (Å²) in [6.45, 7) is 3.07. The molecule has 2 heterocycles. The topological polar surface area (TPSA) is 64.3 Å². The summed E-state index contributed by atoms with van der Waals surface area (Å²) < 4.78 is 7.70. The lowest BCUT2D eigenvalue weighted by Gasteiger charge is -2.17. The molecule has 3 aromatic rings. The lowest BCUT2D eigenvalue weighted by atomic mass is 10.0. The number of rotatable bonds is 5. The summed E-state index contributed by atoms with van der Waals surface area (Å²) >= 11 is 6.04. The molecule has 0 aliphatic carbocycles. The van der Waals surface area contributed by atoms with E-state index >= 15 is 0 Å². The number of fused-ring (bicyclic) bond motifs is 1. The molecule has 27 heavy (non-hydrogen) atoms. The summed E-state index contributed by atoms with van der Waals surface area (Å²) in [5.74, 6) is 2.10. The average molecular weight is 382 g/mol. The van der Waals surface area contributed by atoms with Crippen LogP contribution < -0.4 is 10.1 Å². The third kappa shape index (κ3) is 3.80. The van der Waals surface area contributed by atoms with Crippen LogP contribution in [0.3, 0.4) is 0 Å². The summed E-state index contributed by atoms with van der Waals surface area (Å²) in [6.07, 6.45) is 2.41. The van der Waals surface area contributed by atoms with E-state index in [9.17, 15) is 0 Å². The van der Waals surface area contributed by atoms with E-state index in [1.807, 2.05) is 30.3 Å². The van der Waals surface area contributed by atoms with Crippen LogP contribution in [0.25, 0.3) is 11.1 Å². The van der Waals surface area contributed by atoms with E-state index in [0.717, 1.165) is 41.4 Å². The zero-order valence-electron chi connectivity index (χ0n) is 15.0. The molecular formula is C20H20ClN5O. The van der Waals surface area contributed by atoms with Gasteiger partial charge in [-0.25, -0.2) is 0 Å². The highest BCUT2D eigenvalue weighted by Crippen LogP contribution is 2.33. The van der Waals surface area contributed by atoms with Crippen LogP contribution in [0.4, 0.5) is 5.69 Å². The molecule has 0 spiro atoms. The minimum absolute atomic E-state index is 0.244. The Labute approximate surface area is 162 Å². The van der Waals surface area contributed by atoms with E-state index in [2.05, 4.69) is 45.7 Å². The van der Waals surface area contributed by atoms with E-state index in [1.165, 1.54) is 4.68 Å². The number of aryl methyl sites for hydroxylation is 1. The van der Waals surface area contributed by atoms with Crippen molar-refractivity contribution in [1.82, 2.24) is 14.9 Å². The zero-order valence-corrected chi connectivity index (χ0v) is 15.8. The van der Waals surface area contributed by atoms with Crippen LogP contribution in [0.15, 0.2) is 53.6 Å². The zero-order chi connectivity index (χ0) is 18.6. The number of nitrogens with one attached hydrogen (secondary N) is 1. The standard InChI is InChI=1S/C20H20ClN5O/c1-2-12-22-15-8-9-17(16(13-15)14-6-4-3-5-7-14)27-19-11-10-18-23-24-20(21)26(18)25-19/h3-9,13,22H,2,10-12H2,1H3. The van der Waals surface area contributed by atoms with Gasteiger partial charge in [-0.2, -0.15) is 4.68 Å². The second-order valence-electron chi connectivity index (χ2n) is 6.30. The molecule has 0 unspecified atom stereocenters. The van der Waals surface area contributed by atoms with Gasteiger partial charge in [-0.15, -0.1) is 15.3 Å². The molecule has 0 radical (unpaired) electrons. The summed E-state index contributed by atoms with van der Waals surface area (Å²) in [5.41, 5.74) is 3.17. The molecule has 4 rings (SSSR count). The van der Waals surface area contributed by atoms with Gasteiger partial charge < -0.3 is 10.1 Å².